The van der Waals surface area contributed by atoms with Gasteiger partial charge in [0.25, 0.3) is 5.91 Å². The van der Waals surface area contributed by atoms with Gasteiger partial charge in [0.15, 0.2) is 11.5 Å². The summed E-state index contributed by atoms with van der Waals surface area (Å²) in [5.41, 5.74) is 1.80. The van der Waals surface area contributed by atoms with E-state index in [0.717, 1.165) is 22.5 Å². The number of nitrogens with one attached hydrogen (secondary N) is 1. The van der Waals surface area contributed by atoms with Crippen molar-refractivity contribution in [1.29, 1.82) is 0 Å². The predicted molar refractivity (Wildman–Crippen MR) is 84.4 cm³/mol. The van der Waals surface area contributed by atoms with Crippen LogP contribution in [0, 0.1) is 18.6 Å². The Labute approximate surface area is 134 Å². The minimum atomic E-state index is -1.00. The van der Waals surface area contributed by atoms with E-state index in [1.165, 1.54) is 0 Å². The first-order valence-electron chi connectivity index (χ1n) is 6.68. The molecule has 23 heavy (non-hydrogen) atoms. The van der Waals surface area contributed by atoms with Crippen LogP contribution in [-0.4, -0.2) is 15.9 Å². The lowest BCUT2D eigenvalue weighted by Crippen LogP contribution is -2.15. The zero-order chi connectivity index (χ0) is 16.4. The van der Waals surface area contributed by atoms with Crippen molar-refractivity contribution in [3.05, 3.63) is 64.2 Å². The van der Waals surface area contributed by atoms with E-state index in [1.54, 1.807) is 35.6 Å². The second-order valence-electron chi connectivity index (χ2n) is 4.77. The maximum Gasteiger partial charge on any atom is 0.277 e. The number of carbonyl (C=O) groups excluding carboxylic acids is 1. The van der Waals surface area contributed by atoms with Gasteiger partial charge in [-0.2, -0.15) is 0 Å². The number of thiazole rings is 1. The largest absolute Gasteiger partial charge is 0.321 e. The lowest BCUT2D eigenvalue weighted by Gasteiger charge is -2.06. The standard InChI is InChI=1S/C16H11F2N3OS/c1-9-20-14(8-23-9)10-2-4-12(5-3-10)21-16(22)15-13(18)6-11(17)7-19-15/h2-8H,1H3,(H,21,22). The number of halogens is 2. The molecule has 0 aliphatic heterocycles. The Morgan fingerprint density at radius 3 is 2.57 bits per heavy atom. The van der Waals surface area contributed by atoms with Crippen molar-refractivity contribution in [2.45, 2.75) is 6.92 Å². The number of amides is 1. The van der Waals surface area contributed by atoms with Gasteiger partial charge >= 0.3 is 0 Å². The zero-order valence-corrected chi connectivity index (χ0v) is 12.8. The van der Waals surface area contributed by atoms with Gasteiger partial charge in [0, 0.05) is 22.7 Å². The third-order valence-corrected chi connectivity index (χ3v) is 3.85. The van der Waals surface area contributed by atoms with Crippen LogP contribution in [0.15, 0.2) is 41.9 Å². The van der Waals surface area contributed by atoms with Gasteiger partial charge < -0.3 is 5.32 Å². The lowest BCUT2D eigenvalue weighted by atomic mass is 10.1. The van der Waals surface area contributed by atoms with Crippen LogP contribution in [0.1, 0.15) is 15.5 Å². The molecule has 3 rings (SSSR count). The first-order chi connectivity index (χ1) is 11.0. The highest BCUT2D eigenvalue weighted by Crippen LogP contribution is 2.23. The molecule has 116 valence electrons. The SMILES string of the molecule is Cc1nc(-c2ccc(NC(=O)c3ncc(F)cc3F)cc2)cs1. The van der Waals surface area contributed by atoms with Gasteiger partial charge in [-0.25, -0.2) is 18.7 Å². The number of benzene rings is 1. The topological polar surface area (TPSA) is 54.9 Å². The van der Waals surface area contributed by atoms with Crippen LogP contribution >= 0.6 is 11.3 Å². The van der Waals surface area contributed by atoms with Crippen LogP contribution in [0.25, 0.3) is 11.3 Å². The number of hydrogen-bond donors (Lipinski definition) is 1. The van der Waals surface area contributed by atoms with Crippen molar-refractivity contribution in [3.63, 3.8) is 0 Å². The van der Waals surface area contributed by atoms with Crippen LogP contribution in [0.4, 0.5) is 14.5 Å². The molecule has 0 spiro atoms. The van der Waals surface area contributed by atoms with Crippen molar-refractivity contribution < 1.29 is 13.6 Å². The molecule has 2 aromatic heterocycles. The van der Waals surface area contributed by atoms with Crippen LogP contribution < -0.4 is 5.32 Å². The number of carbonyl (C=O) groups is 1. The molecule has 1 aromatic carbocycles. The summed E-state index contributed by atoms with van der Waals surface area (Å²) < 4.78 is 26.3. The molecule has 0 unspecified atom stereocenters. The van der Waals surface area contributed by atoms with Crippen molar-refractivity contribution in [3.8, 4) is 11.3 Å². The van der Waals surface area contributed by atoms with Crippen LogP contribution in [-0.2, 0) is 0 Å². The highest BCUT2D eigenvalue weighted by molar-refractivity contribution is 7.09. The van der Waals surface area contributed by atoms with Gasteiger partial charge in [-0.3, -0.25) is 4.79 Å². The molecule has 0 bridgehead atoms. The van der Waals surface area contributed by atoms with Gasteiger partial charge in [-0.05, 0) is 19.1 Å². The van der Waals surface area contributed by atoms with Crippen LogP contribution in [0.2, 0.25) is 0 Å². The summed E-state index contributed by atoms with van der Waals surface area (Å²) in [6, 6.07) is 7.60. The third kappa shape index (κ3) is 3.40. The van der Waals surface area contributed by atoms with Crippen LogP contribution in [0.3, 0.4) is 0 Å². The normalized spacial score (nSPS) is 10.6. The molecule has 0 aliphatic rings. The second-order valence-corrected chi connectivity index (χ2v) is 5.83. The molecule has 0 saturated heterocycles. The van der Waals surface area contributed by atoms with Crippen LogP contribution in [0.5, 0.6) is 0 Å². The molecule has 0 aliphatic carbocycles. The number of aromatic nitrogens is 2. The number of pyridine rings is 1. The Balaban J connectivity index is 1.76. The van der Waals surface area contributed by atoms with Gasteiger partial charge in [-0.15, -0.1) is 11.3 Å². The van der Waals surface area contributed by atoms with Gasteiger partial charge in [-0.1, -0.05) is 12.1 Å². The monoisotopic (exact) mass is 331 g/mol. The average Bonchev–Trinajstić information content (AvgIpc) is 2.94. The van der Waals surface area contributed by atoms with E-state index < -0.39 is 23.2 Å². The molecule has 0 saturated carbocycles. The molecular formula is C16H11F2N3OS. The first kappa shape index (κ1) is 15.2. The molecule has 2 heterocycles. The van der Waals surface area contributed by atoms with E-state index >= 15 is 0 Å². The smallest absolute Gasteiger partial charge is 0.277 e. The molecular weight excluding hydrogens is 320 g/mol. The number of nitrogens with zero attached hydrogens (tertiary/aromatic N) is 2. The Morgan fingerprint density at radius 2 is 1.96 bits per heavy atom. The molecule has 1 N–H and O–H groups in total. The van der Waals surface area contributed by atoms with E-state index in [9.17, 15) is 13.6 Å². The Bertz CT molecular complexity index is 862. The average molecular weight is 331 g/mol. The quantitative estimate of drug-likeness (QED) is 0.788. The molecule has 0 atom stereocenters. The number of aryl methyl sites for hydroxylation is 1. The Morgan fingerprint density at radius 1 is 1.22 bits per heavy atom. The molecule has 7 heteroatoms. The van der Waals surface area contributed by atoms with E-state index in [2.05, 4.69) is 15.3 Å². The minimum absolute atomic E-state index is 0.453. The van der Waals surface area contributed by atoms with Gasteiger partial charge in [0.1, 0.15) is 5.82 Å². The Kier molecular flexibility index (Phi) is 4.12. The summed E-state index contributed by atoms with van der Waals surface area (Å²) in [5.74, 6) is -2.57. The van der Waals surface area contributed by atoms with Crippen molar-refractivity contribution in [2.24, 2.45) is 0 Å². The van der Waals surface area contributed by atoms with Gasteiger partial charge in [0.2, 0.25) is 0 Å². The van der Waals surface area contributed by atoms with Crippen molar-refractivity contribution in [1.82, 2.24) is 9.97 Å². The first-order valence-corrected chi connectivity index (χ1v) is 7.56. The summed E-state index contributed by atoms with van der Waals surface area (Å²) in [6.45, 7) is 1.92. The second kappa shape index (κ2) is 6.21. The maximum atomic E-state index is 13.5. The molecule has 0 radical (unpaired) electrons. The molecule has 3 aromatic rings. The number of anilines is 1. The molecule has 4 nitrogen and oxygen atoms in total. The van der Waals surface area contributed by atoms with E-state index in [-0.39, 0.29) is 0 Å². The Hall–Kier alpha value is -2.67. The summed E-state index contributed by atoms with van der Waals surface area (Å²) in [6.07, 6.45) is 0.797. The highest BCUT2D eigenvalue weighted by Gasteiger charge is 2.14. The molecule has 1 amide bonds. The van der Waals surface area contributed by atoms with Crippen molar-refractivity contribution >= 4 is 22.9 Å². The zero-order valence-electron chi connectivity index (χ0n) is 12.0. The minimum Gasteiger partial charge on any atom is -0.321 e. The van der Waals surface area contributed by atoms with E-state index in [4.69, 9.17) is 0 Å². The fraction of sp³-hybridized carbons (Fsp3) is 0.0625. The van der Waals surface area contributed by atoms with E-state index in [1.807, 2.05) is 12.3 Å². The maximum absolute atomic E-state index is 13.5. The number of hydrogen-bond acceptors (Lipinski definition) is 4. The number of rotatable bonds is 3. The fourth-order valence-corrected chi connectivity index (χ4v) is 2.61. The fourth-order valence-electron chi connectivity index (χ4n) is 1.99. The van der Waals surface area contributed by atoms with E-state index in [0.29, 0.717) is 11.8 Å². The van der Waals surface area contributed by atoms with Crippen molar-refractivity contribution in [2.75, 3.05) is 5.32 Å². The molecule has 0 fully saturated rings. The third-order valence-electron chi connectivity index (χ3n) is 3.08. The summed E-state index contributed by atoms with van der Waals surface area (Å²) in [5, 5.41) is 5.43. The summed E-state index contributed by atoms with van der Waals surface area (Å²) >= 11 is 1.55. The predicted octanol–water partition coefficient (Wildman–Crippen LogP) is 4.04. The highest BCUT2D eigenvalue weighted by atomic mass is 32.1. The lowest BCUT2D eigenvalue weighted by molar-refractivity contribution is 0.101. The summed E-state index contributed by atoms with van der Waals surface area (Å²) in [4.78, 5) is 19.8. The summed E-state index contributed by atoms with van der Waals surface area (Å²) in [7, 11) is 0. The van der Waals surface area contributed by atoms with Gasteiger partial charge in [0.05, 0.1) is 16.9 Å².